The SMILES string of the molecule is CCCCCc1ccc(C(=O)N2CCc3nc(-c4ccccc4)nc(N4CCC(C)CC4)c3C2)cc1. The lowest BCUT2D eigenvalue weighted by molar-refractivity contribution is 0.0733. The molecular weight excluding hydrogens is 444 g/mol. The summed E-state index contributed by atoms with van der Waals surface area (Å²) in [7, 11) is 0. The highest BCUT2D eigenvalue weighted by Crippen LogP contribution is 2.32. The molecule has 3 heterocycles. The highest BCUT2D eigenvalue weighted by molar-refractivity contribution is 5.94. The molecule has 0 unspecified atom stereocenters. The minimum atomic E-state index is 0.103. The quantitative estimate of drug-likeness (QED) is 0.370. The topological polar surface area (TPSA) is 49.3 Å². The van der Waals surface area contributed by atoms with E-state index in [1.54, 1.807) is 0 Å². The zero-order valence-corrected chi connectivity index (χ0v) is 21.7. The van der Waals surface area contributed by atoms with Crippen molar-refractivity contribution >= 4 is 11.7 Å². The second kappa shape index (κ2) is 11.2. The molecule has 188 valence electrons. The normalized spacial score (nSPS) is 16.2. The summed E-state index contributed by atoms with van der Waals surface area (Å²) in [6.45, 7) is 7.83. The summed E-state index contributed by atoms with van der Waals surface area (Å²) >= 11 is 0. The van der Waals surface area contributed by atoms with E-state index in [-0.39, 0.29) is 5.91 Å². The van der Waals surface area contributed by atoms with Crippen LogP contribution in [0.4, 0.5) is 5.82 Å². The zero-order valence-electron chi connectivity index (χ0n) is 21.7. The van der Waals surface area contributed by atoms with Gasteiger partial charge in [-0.05, 0) is 49.3 Å². The number of amides is 1. The number of anilines is 1. The molecule has 2 aliphatic heterocycles. The number of fused-ring (bicyclic) bond motifs is 1. The molecule has 3 aromatic rings. The van der Waals surface area contributed by atoms with Crippen molar-refractivity contribution < 1.29 is 4.79 Å². The van der Waals surface area contributed by atoms with Crippen LogP contribution < -0.4 is 4.90 Å². The molecule has 36 heavy (non-hydrogen) atoms. The Bertz CT molecular complexity index is 1170. The van der Waals surface area contributed by atoms with E-state index in [0.29, 0.717) is 13.1 Å². The number of unbranched alkanes of at least 4 members (excludes halogenated alkanes) is 2. The summed E-state index contributed by atoms with van der Waals surface area (Å²) in [6, 6.07) is 18.5. The number of aromatic nitrogens is 2. The number of nitrogens with zero attached hydrogens (tertiary/aromatic N) is 4. The van der Waals surface area contributed by atoms with Crippen LogP contribution in [-0.2, 0) is 19.4 Å². The predicted molar refractivity (Wildman–Crippen MR) is 146 cm³/mol. The fourth-order valence-corrected chi connectivity index (χ4v) is 5.34. The first kappa shape index (κ1) is 24.5. The van der Waals surface area contributed by atoms with Gasteiger partial charge in [0.15, 0.2) is 5.82 Å². The molecule has 0 atom stereocenters. The number of carbonyl (C=O) groups is 1. The van der Waals surface area contributed by atoms with Gasteiger partial charge in [0.05, 0.1) is 12.2 Å². The van der Waals surface area contributed by atoms with Crippen molar-refractivity contribution in [1.29, 1.82) is 0 Å². The Labute approximate surface area is 215 Å². The molecule has 0 bridgehead atoms. The molecule has 2 aromatic carbocycles. The predicted octanol–water partition coefficient (Wildman–Crippen LogP) is 6.31. The largest absolute Gasteiger partial charge is 0.356 e. The molecule has 0 saturated carbocycles. The molecule has 0 spiro atoms. The lowest BCUT2D eigenvalue weighted by Gasteiger charge is -2.36. The van der Waals surface area contributed by atoms with Crippen molar-refractivity contribution in [3.8, 4) is 11.4 Å². The number of hydrogen-bond acceptors (Lipinski definition) is 4. The Balaban J connectivity index is 1.40. The second-order valence-corrected chi connectivity index (χ2v) is 10.5. The second-order valence-electron chi connectivity index (χ2n) is 10.5. The van der Waals surface area contributed by atoms with Gasteiger partial charge in [0.2, 0.25) is 0 Å². The average molecular weight is 483 g/mol. The maximum absolute atomic E-state index is 13.5. The van der Waals surface area contributed by atoms with Crippen molar-refractivity contribution in [1.82, 2.24) is 14.9 Å². The van der Waals surface area contributed by atoms with E-state index in [9.17, 15) is 4.79 Å². The van der Waals surface area contributed by atoms with Crippen LogP contribution in [0.3, 0.4) is 0 Å². The summed E-state index contributed by atoms with van der Waals surface area (Å²) in [5.41, 5.74) is 5.34. The molecule has 1 aromatic heterocycles. The fraction of sp³-hybridized carbons (Fsp3) is 0.452. The Hall–Kier alpha value is -3.21. The molecular formula is C31H38N4O. The number of hydrogen-bond donors (Lipinski definition) is 0. The maximum atomic E-state index is 13.5. The molecule has 2 aliphatic rings. The maximum Gasteiger partial charge on any atom is 0.254 e. The lowest BCUT2D eigenvalue weighted by atomic mass is 9.97. The Morgan fingerprint density at radius 1 is 0.944 bits per heavy atom. The van der Waals surface area contributed by atoms with Gasteiger partial charge in [0.1, 0.15) is 5.82 Å². The summed E-state index contributed by atoms with van der Waals surface area (Å²) in [6.07, 6.45) is 7.87. The van der Waals surface area contributed by atoms with Crippen LogP contribution in [0.15, 0.2) is 54.6 Å². The monoisotopic (exact) mass is 482 g/mol. The van der Waals surface area contributed by atoms with Gasteiger partial charge in [-0.2, -0.15) is 0 Å². The molecule has 5 nitrogen and oxygen atoms in total. The van der Waals surface area contributed by atoms with Gasteiger partial charge in [-0.15, -0.1) is 0 Å². The van der Waals surface area contributed by atoms with Crippen molar-refractivity contribution in [2.45, 2.75) is 65.3 Å². The summed E-state index contributed by atoms with van der Waals surface area (Å²) in [4.78, 5) is 28.0. The van der Waals surface area contributed by atoms with Gasteiger partial charge in [-0.3, -0.25) is 4.79 Å². The lowest BCUT2D eigenvalue weighted by Crippen LogP contribution is -2.40. The van der Waals surface area contributed by atoms with Crippen molar-refractivity contribution in [3.63, 3.8) is 0 Å². The van der Waals surface area contributed by atoms with Gasteiger partial charge in [-0.1, -0.05) is 69.2 Å². The molecule has 0 radical (unpaired) electrons. The highest BCUT2D eigenvalue weighted by atomic mass is 16.2. The van der Waals surface area contributed by atoms with Crippen LogP contribution in [-0.4, -0.2) is 40.4 Å². The van der Waals surface area contributed by atoms with E-state index in [2.05, 4.69) is 43.0 Å². The highest BCUT2D eigenvalue weighted by Gasteiger charge is 2.29. The van der Waals surface area contributed by atoms with E-state index in [1.165, 1.54) is 37.7 Å². The van der Waals surface area contributed by atoms with Crippen LogP contribution in [0.25, 0.3) is 11.4 Å². The molecule has 0 aliphatic carbocycles. The van der Waals surface area contributed by atoms with Crippen LogP contribution in [0, 0.1) is 5.92 Å². The minimum Gasteiger partial charge on any atom is -0.356 e. The van der Waals surface area contributed by atoms with Crippen molar-refractivity contribution in [2.24, 2.45) is 5.92 Å². The first-order valence-electron chi connectivity index (χ1n) is 13.7. The first-order valence-corrected chi connectivity index (χ1v) is 13.7. The molecule has 5 rings (SSSR count). The zero-order chi connectivity index (χ0) is 24.9. The Kier molecular flexibility index (Phi) is 7.64. The number of benzene rings is 2. The van der Waals surface area contributed by atoms with Crippen LogP contribution >= 0.6 is 0 Å². The van der Waals surface area contributed by atoms with Gasteiger partial charge in [0, 0.05) is 42.7 Å². The standard InChI is InChI=1S/C31H38N4O/c1-3-4-6-9-24-12-14-26(15-13-24)31(36)35-21-18-28-27(22-35)30(34-19-16-23(2)17-20-34)33-29(32-28)25-10-7-5-8-11-25/h5,7-8,10-15,23H,3-4,6,9,16-22H2,1-2H3. The Morgan fingerprint density at radius 3 is 2.42 bits per heavy atom. The number of rotatable bonds is 7. The first-order chi connectivity index (χ1) is 17.6. The van der Waals surface area contributed by atoms with Gasteiger partial charge >= 0.3 is 0 Å². The average Bonchev–Trinajstić information content (AvgIpc) is 2.93. The van der Waals surface area contributed by atoms with Gasteiger partial charge in [-0.25, -0.2) is 9.97 Å². The molecule has 1 fully saturated rings. The van der Waals surface area contributed by atoms with Crippen LogP contribution in [0.1, 0.15) is 73.1 Å². The Morgan fingerprint density at radius 2 is 1.69 bits per heavy atom. The van der Waals surface area contributed by atoms with Crippen molar-refractivity contribution in [3.05, 3.63) is 77.0 Å². The van der Waals surface area contributed by atoms with E-state index in [4.69, 9.17) is 9.97 Å². The van der Waals surface area contributed by atoms with E-state index < -0.39 is 0 Å². The van der Waals surface area contributed by atoms with E-state index in [1.807, 2.05) is 35.2 Å². The van der Waals surface area contributed by atoms with Gasteiger partial charge < -0.3 is 9.80 Å². The minimum absolute atomic E-state index is 0.103. The summed E-state index contributed by atoms with van der Waals surface area (Å²) in [5.74, 6) is 2.66. The fourth-order valence-electron chi connectivity index (χ4n) is 5.34. The third kappa shape index (κ3) is 5.45. The van der Waals surface area contributed by atoms with E-state index >= 15 is 0 Å². The molecule has 1 amide bonds. The number of carbonyl (C=O) groups excluding carboxylic acids is 1. The summed E-state index contributed by atoms with van der Waals surface area (Å²) in [5, 5.41) is 0. The third-order valence-corrected chi connectivity index (χ3v) is 7.71. The van der Waals surface area contributed by atoms with Crippen molar-refractivity contribution in [2.75, 3.05) is 24.5 Å². The van der Waals surface area contributed by atoms with Gasteiger partial charge in [0.25, 0.3) is 5.91 Å². The van der Waals surface area contributed by atoms with E-state index in [0.717, 1.165) is 65.9 Å². The number of aryl methyl sites for hydroxylation is 1. The number of piperidine rings is 1. The van der Waals surface area contributed by atoms with Crippen LogP contribution in [0.2, 0.25) is 0 Å². The molecule has 1 saturated heterocycles. The summed E-state index contributed by atoms with van der Waals surface area (Å²) < 4.78 is 0. The van der Waals surface area contributed by atoms with Crippen LogP contribution in [0.5, 0.6) is 0 Å². The third-order valence-electron chi connectivity index (χ3n) is 7.71. The molecule has 0 N–H and O–H groups in total. The molecule has 5 heteroatoms. The smallest absolute Gasteiger partial charge is 0.254 e.